The molecular formula is C23H20ClN3O. The van der Waals surface area contributed by atoms with Gasteiger partial charge in [-0.1, -0.05) is 48.0 Å². The maximum Gasteiger partial charge on any atom is 0.225 e. The van der Waals surface area contributed by atoms with Crippen molar-refractivity contribution < 1.29 is 4.79 Å². The van der Waals surface area contributed by atoms with Crippen molar-refractivity contribution in [1.29, 1.82) is 0 Å². The van der Waals surface area contributed by atoms with E-state index in [0.29, 0.717) is 23.0 Å². The molecule has 140 valence electrons. The van der Waals surface area contributed by atoms with E-state index in [9.17, 15) is 4.79 Å². The predicted molar refractivity (Wildman–Crippen MR) is 110 cm³/mol. The van der Waals surface area contributed by atoms with E-state index in [1.54, 1.807) is 6.20 Å². The number of benzene rings is 2. The second kappa shape index (κ2) is 7.02. The molecule has 5 rings (SSSR count). The normalized spacial score (nSPS) is 18.5. The van der Waals surface area contributed by atoms with Gasteiger partial charge in [-0.05, 0) is 47.6 Å². The van der Waals surface area contributed by atoms with Crippen LogP contribution in [0.3, 0.4) is 0 Å². The highest BCUT2D eigenvalue weighted by Gasteiger charge is 2.29. The largest absolute Gasteiger partial charge is 0.336 e. The lowest BCUT2D eigenvalue weighted by Gasteiger charge is -2.30. The summed E-state index contributed by atoms with van der Waals surface area (Å²) in [5.74, 6) is 0.943. The van der Waals surface area contributed by atoms with Crippen molar-refractivity contribution in [2.75, 3.05) is 11.4 Å². The van der Waals surface area contributed by atoms with Crippen LogP contribution in [-0.2, 0) is 19.4 Å². The van der Waals surface area contributed by atoms with Crippen molar-refractivity contribution >= 4 is 23.3 Å². The Kier molecular flexibility index (Phi) is 4.36. The van der Waals surface area contributed by atoms with E-state index in [4.69, 9.17) is 16.6 Å². The molecule has 0 N–H and O–H groups in total. The maximum atomic E-state index is 12.7. The summed E-state index contributed by atoms with van der Waals surface area (Å²) in [6.45, 7) is 1.70. The van der Waals surface area contributed by atoms with E-state index in [2.05, 4.69) is 34.1 Å². The number of hydrogen-bond donors (Lipinski definition) is 0. The first-order valence-electron chi connectivity index (χ1n) is 9.63. The van der Waals surface area contributed by atoms with E-state index in [0.717, 1.165) is 37.2 Å². The Morgan fingerprint density at radius 1 is 1.04 bits per heavy atom. The minimum absolute atomic E-state index is 0.113. The zero-order valence-corrected chi connectivity index (χ0v) is 16.2. The number of carbonyl (C=O) groups excluding carboxylic acids is 1. The predicted octanol–water partition coefficient (Wildman–Crippen LogP) is 4.61. The van der Waals surface area contributed by atoms with Crippen LogP contribution >= 0.6 is 11.6 Å². The fourth-order valence-corrected chi connectivity index (χ4v) is 4.45. The van der Waals surface area contributed by atoms with Gasteiger partial charge in [0.05, 0.1) is 11.3 Å². The van der Waals surface area contributed by atoms with Crippen LogP contribution in [0.1, 0.15) is 45.1 Å². The molecule has 0 spiro atoms. The average Bonchev–Trinajstić information content (AvgIpc) is 2.73. The zero-order chi connectivity index (χ0) is 19.1. The molecule has 0 amide bonds. The first kappa shape index (κ1) is 17.4. The lowest BCUT2D eigenvalue weighted by Crippen LogP contribution is -2.32. The molecule has 5 heteroatoms. The van der Waals surface area contributed by atoms with Gasteiger partial charge in [-0.25, -0.2) is 9.97 Å². The number of ketones is 1. The fourth-order valence-electron chi connectivity index (χ4n) is 4.25. The average molecular weight is 390 g/mol. The Hall–Kier alpha value is -2.72. The van der Waals surface area contributed by atoms with Crippen LogP contribution in [0.5, 0.6) is 0 Å². The quantitative estimate of drug-likeness (QED) is 0.642. The monoisotopic (exact) mass is 389 g/mol. The van der Waals surface area contributed by atoms with Gasteiger partial charge in [0.2, 0.25) is 5.95 Å². The van der Waals surface area contributed by atoms with Gasteiger partial charge in [-0.2, -0.15) is 0 Å². The van der Waals surface area contributed by atoms with Gasteiger partial charge >= 0.3 is 0 Å². The summed E-state index contributed by atoms with van der Waals surface area (Å²) in [5, 5.41) is 0.700. The number of Topliss-reactive ketones (excluding diaryl/α,β-unsaturated/α-hetero) is 1. The van der Waals surface area contributed by atoms with E-state index in [1.807, 2.05) is 24.3 Å². The molecule has 3 aromatic rings. The minimum Gasteiger partial charge on any atom is -0.336 e. The van der Waals surface area contributed by atoms with Gasteiger partial charge in [-0.3, -0.25) is 4.79 Å². The van der Waals surface area contributed by atoms with Crippen LogP contribution < -0.4 is 4.90 Å². The summed E-state index contributed by atoms with van der Waals surface area (Å²) in [6, 6.07) is 16.3. The molecule has 0 saturated heterocycles. The standard InChI is InChI=1S/C23H20ClN3O/c24-19-7-3-6-16(10-19)18-11-21-20(22(28)12-18)13-25-23(26-21)27-9-8-15-4-1-2-5-17(15)14-27/h1-7,10,13,18H,8-9,11-12,14H2/t18-/m1/s1. The molecule has 0 fully saturated rings. The second-order valence-electron chi connectivity index (χ2n) is 7.55. The van der Waals surface area contributed by atoms with E-state index >= 15 is 0 Å². The van der Waals surface area contributed by atoms with E-state index < -0.39 is 0 Å². The number of rotatable bonds is 2. The number of anilines is 1. The summed E-state index contributed by atoms with van der Waals surface area (Å²) < 4.78 is 0. The van der Waals surface area contributed by atoms with Crippen LogP contribution in [0.2, 0.25) is 5.02 Å². The van der Waals surface area contributed by atoms with Gasteiger partial charge in [0.15, 0.2) is 5.78 Å². The van der Waals surface area contributed by atoms with Gasteiger partial charge in [0, 0.05) is 30.7 Å². The Morgan fingerprint density at radius 3 is 2.75 bits per heavy atom. The zero-order valence-electron chi connectivity index (χ0n) is 15.4. The highest BCUT2D eigenvalue weighted by Crippen LogP contribution is 2.33. The maximum absolute atomic E-state index is 12.7. The highest BCUT2D eigenvalue weighted by molar-refractivity contribution is 6.30. The third-order valence-electron chi connectivity index (χ3n) is 5.76. The summed E-state index contributed by atoms with van der Waals surface area (Å²) in [5.41, 5.74) is 5.33. The molecule has 0 bridgehead atoms. The minimum atomic E-state index is 0.113. The molecule has 2 heterocycles. The SMILES string of the molecule is O=C1C[C@H](c2cccc(Cl)c2)Cc2nc(N3CCc4ccccc4C3)ncc21. The smallest absolute Gasteiger partial charge is 0.225 e. The molecule has 4 nitrogen and oxygen atoms in total. The number of carbonyl (C=O) groups is 1. The summed E-state index contributed by atoms with van der Waals surface area (Å²) >= 11 is 6.15. The first-order valence-corrected chi connectivity index (χ1v) is 10.0. The third-order valence-corrected chi connectivity index (χ3v) is 6.00. The molecule has 0 radical (unpaired) electrons. The lowest BCUT2D eigenvalue weighted by atomic mass is 9.82. The van der Waals surface area contributed by atoms with E-state index in [-0.39, 0.29) is 11.7 Å². The molecular weight excluding hydrogens is 370 g/mol. The van der Waals surface area contributed by atoms with Crippen molar-refractivity contribution in [1.82, 2.24) is 9.97 Å². The van der Waals surface area contributed by atoms with Gasteiger partial charge < -0.3 is 4.90 Å². The fraction of sp³-hybridized carbons (Fsp3) is 0.261. The second-order valence-corrected chi connectivity index (χ2v) is 7.99. The van der Waals surface area contributed by atoms with Crippen molar-refractivity contribution in [3.63, 3.8) is 0 Å². The Labute approximate surface area is 169 Å². The van der Waals surface area contributed by atoms with Crippen molar-refractivity contribution in [2.45, 2.75) is 31.7 Å². The van der Waals surface area contributed by atoms with Crippen molar-refractivity contribution in [3.05, 3.63) is 87.7 Å². The van der Waals surface area contributed by atoms with Crippen molar-refractivity contribution in [3.8, 4) is 0 Å². The van der Waals surface area contributed by atoms with Crippen LogP contribution in [0.25, 0.3) is 0 Å². The summed E-state index contributed by atoms with van der Waals surface area (Å²) in [6.07, 6.45) is 3.92. The van der Waals surface area contributed by atoms with E-state index in [1.165, 1.54) is 11.1 Å². The molecule has 0 saturated carbocycles. The topological polar surface area (TPSA) is 46.1 Å². The lowest BCUT2D eigenvalue weighted by molar-refractivity contribution is 0.0962. The highest BCUT2D eigenvalue weighted by atomic mass is 35.5. The number of fused-ring (bicyclic) bond motifs is 2. The molecule has 1 aliphatic heterocycles. The first-order chi connectivity index (χ1) is 13.7. The van der Waals surface area contributed by atoms with Gasteiger partial charge in [0.1, 0.15) is 0 Å². The molecule has 28 heavy (non-hydrogen) atoms. The summed E-state index contributed by atoms with van der Waals surface area (Å²) in [7, 11) is 0. The molecule has 1 aromatic heterocycles. The Bertz CT molecular complexity index is 1070. The van der Waals surface area contributed by atoms with Crippen molar-refractivity contribution in [2.24, 2.45) is 0 Å². The molecule has 2 aliphatic rings. The number of aromatic nitrogens is 2. The molecule has 0 unspecified atom stereocenters. The van der Waals surface area contributed by atoms with Crippen LogP contribution in [0, 0.1) is 0 Å². The number of hydrogen-bond acceptors (Lipinski definition) is 4. The molecule has 2 aromatic carbocycles. The summed E-state index contributed by atoms with van der Waals surface area (Å²) in [4.78, 5) is 24.2. The number of halogens is 1. The third kappa shape index (κ3) is 3.18. The Morgan fingerprint density at radius 2 is 1.89 bits per heavy atom. The van der Waals surface area contributed by atoms with Gasteiger partial charge in [0.25, 0.3) is 0 Å². The Balaban J connectivity index is 1.44. The molecule has 1 atom stereocenters. The van der Waals surface area contributed by atoms with Crippen LogP contribution in [-0.4, -0.2) is 22.3 Å². The van der Waals surface area contributed by atoms with Gasteiger partial charge in [-0.15, -0.1) is 0 Å². The van der Waals surface area contributed by atoms with Crippen LogP contribution in [0.15, 0.2) is 54.7 Å². The number of nitrogens with zero attached hydrogens (tertiary/aromatic N) is 3. The molecule has 1 aliphatic carbocycles. The van der Waals surface area contributed by atoms with Crippen LogP contribution in [0.4, 0.5) is 5.95 Å².